The molecule has 2 aromatic heterocycles. The monoisotopic (exact) mass is 886 g/mol. The predicted molar refractivity (Wildman–Crippen MR) is 250 cm³/mol. The number of nitrogens with one attached hydrogen (secondary N) is 1. The van der Waals surface area contributed by atoms with Crippen molar-refractivity contribution < 1.29 is 43.1 Å². The molecule has 0 atom stereocenters. The van der Waals surface area contributed by atoms with Gasteiger partial charge >= 0.3 is 11.9 Å². The number of hydrogen-bond acceptors (Lipinski definition) is 12. The molecule has 6 rings (SSSR count). The van der Waals surface area contributed by atoms with Crippen molar-refractivity contribution in [1.29, 1.82) is 0 Å². The van der Waals surface area contributed by atoms with Crippen molar-refractivity contribution in [3.63, 3.8) is 0 Å². The van der Waals surface area contributed by atoms with Crippen LogP contribution in [-0.4, -0.2) is 75.9 Å². The highest BCUT2D eigenvalue weighted by atomic mass is 16.5. The number of ether oxygens (including phenoxy) is 2. The molecule has 344 valence electrons. The third kappa shape index (κ3) is 15.1. The van der Waals surface area contributed by atoms with Crippen LogP contribution >= 0.6 is 0 Å². The molecule has 13 nitrogen and oxygen atoms in total. The lowest BCUT2D eigenvalue weighted by Gasteiger charge is -2.33. The molecular formula is C52H62N4O9. The summed E-state index contributed by atoms with van der Waals surface area (Å²) in [6, 6.07) is 36.8. The van der Waals surface area contributed by atoms with Gasteiger partial charge in [0.2, 0.25) is 5.91 Å². The predicted octanol–water partition coefficient (Wildman–Crippen LogP) is 8.47. The molecule has 4 aromatic carbocycles. The van der Waals surface area contributed by atoms with Gasteiger partial charge in [-0.1, -0.05) is 121 Å². The largest absolute Gasteiger partial charge is 0.463 e. The second-order valence-corrected chi connectivity index (χ2v) is 16.6. The number of rotatable bonds is 21. The van der Waals surface area contributed by atoms with E-state index in [0.717, 1.165) is 93.1 Å². The summed E-state index contributed by atoms with van der Waals surface area (Å²) < 4.78 is 21.2. The minimum Gasteiger partial charge on any atom is -0.463 e. The zero-order valence-electron chi connectivity index (χ0n) is 38.1. The van der Waals surface area contributed by atoms with Crippen LogP contribution in [0.1, 0.15) is 82.9 Å². The summed E-state index contributed by atoms with van der Waals surface area (Å²) in [4.78, 5) is 34.8. The fraction of sp³-hybridized carbons (Fsp3) is 0.365. The minimum absolute atomic E-state index is 0.0922. The summed E-state index contributed by atoms with van der Waals surface area (Å²) in [7, 11) is 0. The first-order valence-corrected chi connectivity index (χ1v) is 22.1. The van der Waals surface area contributed by atoms with Crippen LogP contribution in [0, 0.1) is 0 Å². The average molecular weight is 887 g/mol. The number of aliphatic hydroxyl groups is 2. The Hall–Kier alpha value is -6.41. The maximum atomic E-state index is 11.9. The maximum absolute atomic E-state index is 11.9. The molecule has 0 radical (unpaired) electrons. The van der Waals surface area contributed by atoms with Gasteiger partial charge in [0.15, 0.2) is 0 Å². The van der Waals surface area contributed by atoms with E-state index in [9.17, 15) is 24.6 Å². The van der Waals surface area contributed by atoms with Crippen molar-refractivity contribution in [2.24, 2.45) is 5.73 Å². The summed E-state index contributed by atoms with van der Waals surface area (Å²) >= 11 is 0. The van der Waals surface area contributed by atoms with Gasteiger partial charge in [-0.25, -0.2) is 0 Å². The molecule has 0 fully saturated rings. The Balaban J connectivity index is 0.000000253. The van der Waals surface area contributed by atoms with Crippen molar-refractivity contribution in [3.8, 4) is 44.8 Å². The quantitative estimate of drug-likeness (QED) is 0.0504. The van der Waals surface area contributed by atoms with Gasteiger partial charge in [0.25, 0.3) is 0 Å². The van der Waals surface area contributed by atoms with Gasteiger partial charge < -0.3 is 39.8 Å². The molecule has 0 saturated heterocycles. The molecule has 0 saturated carbocycles. The van der Waals surface area contributed by atoms with Crippen molar-refractivity contribution in [2.75, 3.05) is 26.4 Å². The normalized spacial score (nSPS) is 11.4. The summed E-state index contributed by atoms with van der Waals surface area (Å²) in [6.45, 7) is 7.57. The first-order valence-electron chi connectivity index (χ1n) is 22.1. The van der Waals surface area contributed by atoms with Crippen molar-refractivity contribution in [3.05, 3.63) is 132 Å². The highest BCUT2D eigenvalue weighted by Gasteiger charge is 2.34. The number of nitrogens with two attached hydrogens (primary N) is 1. The number of esters is 2. The van der Waals surface area contributed by atoms with Crippen LogP contribution in [0.2, 0.25) is 0 Å². The first kappa shape index (κ1) is 49.6. The number of amides is 1. The van der Waals surface area contributed by atoms with E-state index in [1.54, 1.807) is 0 Å². The number of aryl methyl sites for hydroxylation is 4. The molecule has 0 aliphatic rings. The average Bonchev–Trinajstić information content (AvgIpc) is 4.00. The number of aromatic nitrogens is 2. The van der Waals surface area contributed by atoms with Gasteiger partial charge in [-0.15, -0.1) is 0 Å². The van der Waals surface area contributed by atoms with Gasteiger partial charge in [0.05, 0.1) is 18.8 Å². The van der Waals surface area contributed by atoms with Crippen molar-refractivity contribution in [1.82, 2.24) is 15.6 Å². The Morgan fingerprint density at radius 2 is 0.923 bits per heavy atom. The van der Waals surface area contributed by atoms with E-state index in [1.807, 2.05) is 48.5 Å². The zero-order chi connectivity index (χ0) is 46.8. The molecule has 0 aliphatic carbocycles. The van der Waals surface area contributed by atoms with E-state index >= 15 is 0 Å². The summed E-state index contributed by atoms with van der Waals surface area (Å²) in [5.74, 6) is 0.558. The molecule has 0 unspecified atom stereocenters. The van der Waals surface area contributed by atoms with Crippen LogP contribution in [-0.2, 0) is 49.5 Å². The number of carbonyl (C=O) groups is 3. The molecule has 0 aliphatic heterocycles. The molecule has 2 heterocycles. The molecule has 13 heteroatoms. The van der Waals surface area contributed by atoms with Gasteiger partial charge in [-0.2, -0.15) is 0 Å². The molecule has 1 amide bonds. The summed E-state index contributed by atoms with van der Waals surface area (Å²) in [5.41, 5.74) is 14.3. The number of carbonyl (C=O) groups excluding carboxylic acids is 3. The van der Waals surface area contributed by atoms with Crippen LogP contribution in [0.4, 0.5) is 0 Å². The third-order valence-electron chi connectivity index (χ3n) is 11.0. The maximum Gasteiger partial charge on any atom is 0.302 e. The van der Waals surface area contributed by atoms with E-state index in [-0.39, 0.29) is 32.3 Å². The second-order valence-electron chi connectivity index (χ2n) is 16.6. The topological polar surface area (TPSA) is 200 Å². The standard InChI is InChI=1S/C29H34N2O6.C23H28N2O3/c1-5-6-27-17-28(31-37-27)26-13-11-25(12-14-26)24-9-7-23(8-10-24)15-16-29(30-20(2)32,18-35-21(3)33)19-36-22(4)34;1-2-3-21-14-22(25-28-21)20-10-8-19(9-11-20)18-6-4-17(5-7-18)12-13-23(24,15-26)16-27/h7-14,17H,5-6,15-16,18-19H2,1-4H3,(H,30,32);4-11,14,26-27H,2-3,12-13,15-16,24H2,1H3. The molecule has 5 N–H and O–H groups in total. The smallest absolute Gasteiger partial charge is 0.302 e. The van der Waals surface area contributed by atoms with Crippen LogP contribution in [0.5, 0.6) is 0 Å². The number of aliphatic hydroxyl groups excluding tert-OH is 2. The van der Waals surface area contributed by atoms with Crippen LogP contribution in [0.15, 0.2) is 118 Å². The van der Waals surface area contributed by atoms with Gasteiger partial charge in [-0.3, -0.25) is 14.4 Å². The molecule has 0 spiro atoms. The Morgan fingerprint density at radius 1 is 0.569 bits per heavy atom. The Morgan fingerprint density at radius 3 is 1.26 bits per heavy atom. The number of hydrogen-bond donors (Lipinski definition) is 4. The van der Waals surface area contributed by atoms with E-state index in [2.05, 4.69) is 90.1 Å². The lowest BCUT2D eigenvalue weighted by Crippen LogP contribution is -2.55. The summed E-state index contributed by atoms with van der Waals surface area (Å²) in [6.07, 6.45) is 6.06. The third-order valence-corrected chi connectivity index (χ3v) is 11.0. The number of benzene rings is 4. The van der Waals surface area contributed by atoms with Gasteiger partial charge in [0, 0.05) is 56.9 Å². The molecule has 0 bridgehead atoms. The lowest BCUT2D eigenvalue weighted by atomic mass is 9.91. The fourth-order valence-electron chi connectivity index (χ4n) is 7.18. The Kier molecular flexibility index (Phi) is 18.3. The molecule has 6 aromatic rings. The Labute approximate surface area is 381 Å². The van der Waals surface area contributed by atoms with Crippen LogP contribution in [0.3, 0.4) is 0 Å². The second kappa shape index (κ2) is 24.0. The van der Waals surface area contributed by atoms with E-state index in [1.165, 1.54) is 20.8 Å². The molecule has 65 heavy (non-hydrogen) atoms. The van der Waals surface area contributed by atoms with E-state index < -0.39 is 23.0 Å². The van der Waals surface area contributed by atoms with Crippen molar-refractivity contribution >= 4 is 17.8 Å². The molecular weight excluding hydrogens is 825 g/mol. The van der Waals surface area contributed by atoms with Crippen LogP contribution in [0.25, 0.3) is 44.8 Å². The highest BCUT2D eigenvalue weighted by molar-refractivity contribution is 5.74. The van der Waals surface area contributed by atoms with Crippen molar-refractivity contribution in [2.45, 2.75) is 97.1 Å². The van der Waals surface area contributed by atoms with E-state index in [0.29, 0.717) is 25.7 Å². The zero-order valence-corrected chi connectivity index (χ0v) is 38.1. The highest BCUT2D eigenvalue weighted by Crippen LogP contribution is 2.28. The first-order chi connectivity index (χ1) is 31.3. The van der Waals surface area contributed by atoms with E-state index in [4.69, 9.17) is 24.3 Å². The van der Waals surface area contributed by atoms with Crippen LogP contribution < -0.4 is 11.1 Å². The minimum atomic E-state index is -1.02. The Bertz CT molecular complexity index is 2380. The fourth-order valence-corrected chi connectivity index (χ4v) is 7.18. The SMILES string of the molecule is CCCc1cc(-c2ccc(-c3ccc(CCC(COC(C)=O)(COC(C)=O)NC(C)=O)cc3)cc2)no1.CCCc1cc(-c2ccc(-c3ccc(CCC(N)(CO)CO)cc3)cc2)no1. The lowest BCUT2D eigenvalue weighted by molar-refractivity contribution is -0.150. The summed E-state index contributed by atoms with van der Waals surface area (Å²) in [5, 5.41) is 29.7. The van der Waals surface area contributed by atoms with Gasteiger partial charge in [0.1, 0.15) is 41.7 Å². The van der Waals surface area contributed by atoms with Gasteiger partial charge in [-0.05, 0) is 71.9 Å². The number of nitrogens with zero attached hydrogens (tertiary/aromatic N) is 2.